The van der Waals surface area contributed by atoms with Crippen molar-refractivity contribution in [2.24, 2.45) is 5.92 Å². The average molecular weight is 155 g/mol. The summed E-state index contributed by atoms with van der Waals surface area (Å²) >= 11 is 0. The molecule has 52 valence electrons. The molecule has 0 aliphatic heterocycles. The third-order valence-corrected chi connectivity index (χ3v) is 2.15. The van der Waals surface area contributed by atoms with Crippen LogP contribution in [0, 0.1) is 5.92 Å². The van der Waals surface area contributed by atoms with Crippen molar-refractivity contribution in [3.63, 3.8) is 0 Å². The van der Waals surface area contributed by atoms with Crippen LogP contribution in [0.4, 0.5) is 0 Å². The smallest absolute Gasteiger partial charge is 0.0184 e. The summed E-state index contributed by atoms with van der Waals surface area (Å²) in [7, 11) is 2.83. The molecule has 1 unspecified atom stereocenters. The fourth-order valence-electron chi connectivity index (χ4n) is 0. The molecule has 0 saturated heterocycles. The molecule has 1 atom stereocenters. The molecular weight excluding hydrogens is 138 g/mol. The summed E-state index contributed by atoms with van der Waals surface area (Å²) in [5.74, 6) is 0.762. The van der Waals surface area contributed by atoms with Gasteiger partial charge in [0.25, 0.3) is 0 Å². The van der Waals surface area contributed by atoms with Crippen LogP contribution >= 0.6 is 21.6 Å². The maximum Gasteiger partial charge on any atom is -0.0184 e. The lowest BCUT2D eigenvalue weighted by molar-refractivity contribution is 0.503. The Hall–Kier alpha value is 0.720. The maximum atomic E-state index is 2.83. The third kappa shape index (κ3) is 4.87. The molecule has 0 aliphatic carbocycles. The normalized spacial score (nSPS) is 11.2. The SMILES string of the molecule is CC(C)C(C)(C)P.Cl. The fraction of sp³-hybridized carbons (Fsp3) is 1.00. The van der Waals surface area contributed by atoms with Gasteiger partial charge in [-0.1, -0.05) is 27.7 Å². The molecule has 0 aromatic carbocycles. The van der Waals surface area contributed by atoms with Crippen LogP contribution in [-0.4, -0.2) is 5.16 Å². The Labute approximate surface area is 61.0 Å². The molecule has 0 spiro atoms. The predicted octanol–water partition coefficient (Wildman–Crippen LogP) is 2.72. The summed E-state index contributed by atoms with van der Waals surface area (Å²) in [5.41, 5.74) is 0. The molecule has 0 aliphatic rings. The lowest BCUT2D eigenvalue weighted by Gasteiger charge is -2.22. The van der Waals surface area contributed by atoms with Gasteiger partial charge in [-0.15, -0.1) is 21.6 Å². The molecule has 0 bridgehead atoms. The molecule has 2 heteroatoms. The van der Waals surface area contributed by atoms with Gasteiger partial charge in [0.15, 0.2) is 0 Å². The number of halogens is 1. The van der Waals surface area contributed by atoms with E-state index < -0.39 is 0 Å². The Morgan fingerprint density at radius 1 is 1.25 bits per heavy atom. The van der Waals surface area contributed by atoms with Gasteiger partial charge >= 0.3 is 0 Å². The first-order chi connectivity index (χ1) is 2.94. The van der Waals surface area contributed by atoms with Crippen molar-refractivity contribution in [3.8, 4) is 0 Å². The van der Waals surface area contributed by atoms with Crippen molar-refractivity contribution in [2.45, 2.75) is 32.9 Å². The fourth-order valence-corrected chi connectivity index (χ4v) is 0. The summed E-state index contributed by atoms with van der Waals surface area (Å²) in [4.78, 5) is 0. The van der Waals surface area contributed by atoms with Gasteiger partial charge in [-0.25, -0.2) is 0 Å². The van der Waals surface area contributed by atoms with Gasteiger partial charge in [0.2, 0.25) is 0 Å². The minimum atomic E-state index is 0. The van der Waals surface area contributed by atoms with Gasteiger partial charge in [0.1, 0.15) is 0 Å². The first-order valence-corrected chi connectivity index (χ1v) is 3.31. The van der Waals surface area contributed by atoms with Gasteiger partial charge in [-0.2, -0.15) is 0 Å². The second kappa shape index (κ2) is 3.69. The molecule has 0 amide bonds. The van der Waals surface area contributed by atoms with Gasteiger partial charge in [-0.05, 0) is 11.1 Å². The zero-order valence-electron chi connectivity index (χ0n) is 6.06. The largest absolute Gasteiger partial charge is 0.147 e. The summed E-state index contributed by atoms with van der Waals surface area (Å²) in [6.07, 6.45) is 0. The number of hydrogen-bond donors (Lipinski definition) is 0. The summed E-state index contributed by atoms with van der Waals surface area (Å²) in [6.45, 7) is 8.91. The highest BCUT2D eigenvalue weighted by Crippen LogP contribution is 2.25. The molecule has 0 saturated carbocycles. The summed E-state index contributed by atoms with van der Waals surface area (Å²) in [5, 5.41) is 0.417. The van der Waals surface area contributed by atoms with Crippen molar-refractivity contribution >= 4 is 21.6 Å². The molecule has 0 radical (unpaired) electrons. The first-order valence-electron chi connectivity index (χ1n) is 2.73. The second-order valence-electron chi connectivity index (χ2n) is 2.98. The Morgan fingerprint density at radius 2 is 1.38 bits per heavy atom. The Morgan fingerprint density at radius 3 is 1.38 bits per heavy atom. The van der Waals surface area contributed by atoms with Crippen LogP contribution in [0.5, 0.6) is 0 Å². The van der Waals surface area contributed by atoms with Crippen molar-refractivity contribution < 1.29 is 0 Å². The first kappa shape index (κ1) is 11.5. The van der Waals surface area contributed by atoms with E-state index in [-0.39, 0.29) is 12.4 Å². The van der Waals surface area contributed by atoms with Crippen LogP contribution in [0.25, 0.3) is 0 Å². The van der Waals surface area contributed by atoms with Gasteiger partial charge in [-0.3, -0.25) is 0 Å². The highest BCUT2D eigenvalue weighted by molar-refractivity contribution is 7.18. The lowest BCUT2D eigenvalue weighted by atomic mass is 10.00. The predicted molar refractivity (Wildman–Crippen MR) is 45.9 cm³/mol. The van der Waals surface area contributed by atoms with E-state index >= 15 is 0 Å². The third-order valence-electron chi connectivity index (χ3n) is 1.49. The minimum Gasteiger partial charge on any atom is -0.147 e. The summed E-state index contributed by atoms with van der Waals surface area (Å²) in [6, 6.07) is 0. The maximum absolute atomic E-state index is 2.83. The molecule has 8 heavy (non-hydrogen) atoms. The van der Waals surface area contributed by atoms with E-state index in [9.17, 15) is 0 Å². The molecule has 0 aromatic rings. The van der Waals surface area contributed by atoms with Crippen molar-refractivity contribution in [2.75, 3.05) is 0 Å². The average Bonchev–Trinajstić information content (AvgIpc) is 1.31. The van der Waals surface area contributed by atoms with Gasteiger partial charge < -0.3 is 0 Å². The van der Waals surface area contributed by atoms with Crippen molar-refractivity contribution in [3.05, 3.63) is 0 Å². The van der Waals surface area contributed by atoms with Crippen LogP contribution < -0.4 is 0 Å². The van der Waals surface area contributed by atoms with Crippen LogP contribution in [0.15, 0.2) is 0 Å². The molecular formula is C6H16ClP. The van der Waals surface area contributed by atoms with Gasteiger partial charge in [0, 0.05) is 0 Å². The van der Waals surface area contributed by atoms with E-state index in [0.717, 1.165) is 5.92 Å². The minimum absolute atomic E-state index is 0. The van der Waals surface area contributed by atoms with E-state index in [4.69, 9.17) is 0 Å². The van der Waals surface area contributed by atoms with E-state index in [0.29, 0.717) is 5.16 Å². The van der Waals surface area contributed by atoms with Gasteiger partial charge in [0.05, 0.1) is 0 Å². The lowest BCUT2D eigenvalue weighted by Crippen LogP contribution is -2.17. The second-order valence-corrected chi connectivity index (χ2v) is 4.46. The van der Waals surface area contributed by atoms with E-state index in [2.05, 4.69) is 36.9 Å². The molecule has 0 fully saturated rings. The summed E-state index contributed by atoms with van der Waals surface area (Å²) < 4.78 is 0. The van der Waals surface area contributed by atoms with Crippen LogP contribution in [0.2, 0.25) is 0 Å². The zero-order valence-corrected chi connectivity index (χ0v) is 8.03. The van der Waals surface area contributed by atoms with Crippen LogP contribution in [-0.2, 0) is 0 Å². The standard InChI is InChI=1S/C6H15P.ClH/c1-5(2)6(3,4)7;/h5H,7H2,1-4H3;1H. The van der Waals surface area contributed by atoms with Crippen molar-refractivity contribution in [1.82, 2.24) is 0 Å². The van der Waals surface area contributed by atoms with E-state index in [1.54, 1.807) is 0 Å². The molecule has 0 aromatic heterocycles. The Bertz CT molecular complexity index is 54.0. The Balaban J connectivity index is 0. The molecule has 0 heterocycles. The highest BCUT2D eigenvalue weighted by atomic mass is 35.5. The molecule has 0 nitrogen and oxygen atoms in total. The Kier molecular flexibility index (Phi) is 5.31. The zero-order chi connectivity index (χ0) is 6.08. The topological polar surface area (TPSA) is 0 Å². The number of hydrogen-bond acceptors (Lipinski definition) is 0. The molecule has 0 N–H and O–H groups in total. The van der Waals surface area contributed by atoms with Crippen molar-refractivity contribution in [1.29, 1.82) is 0 Å². The monoisotopic (exact) mass is 154 g/mol. The van der Waals surface area contributed by atoms with Crippen LogP contribution in [0.1, 0.15) is 27.7 Å². The quantitative estimate of drug-likeness (QED) is 0.510. The highest BCUT2D eigenvalue weighted by Gasteiger charge is 2.13. The molecule has 0 rings (SSSR count). The van der Waals surface area contributed by atoms with E-state index in [1.165, 1.54) is 0 Å². The number of rotatable bonds is 1. The van der Waals surface area contributed by atoms with E-state index in [1.807, 2.05) is 0 Å². The van der Waals surface area contributed by atoms with Crippen LogP contribution in [0.3, 0.4) is 0 Å².